The van der Waals surface area contributed by atoms with E-state index in [1.54, 1.807) is 0 Å². The van der Waals surface area contributed by atoms with Crippen molar-refractivity contribution in [3.8, 4) is 22.6 Å². The molecule has 0 spiro atoms. The van der Waals surface area contributed by atoms with Gasteiger partial charge in [-0.2, -0.15) is 0 Å². The van der Waals surface area contributed by atoms with Gasteiger partial charge < -0.3 is 18.9 Å². The molecule has 0 radical (unpaired) electrons. The molecule has 0 amide bonds. The molecule has 38 heavy (non-hydrogen) atoms. The fourth-order valence-electron chi connectivity index (χ4n) is 5.58. The average molecular weight is 523 g/mol. The van der Waals surface area contributed by atoms with E-state index in [9.17, 15) is 0 Å². The number of epoxide rings is 2. The van der Waals surface area contributed by atoms with E-state index in [0.717, 1.165) is 35.8 Å². The number of rotatable bonds is 7. The molecule has 2 aromatic carbocycles. The molecule has 0 bridgehead atoms. The van der Waals surface area contributed by atoms with Gasteiger partial charge in [-0.25, -0.2) is 0 Å². The van der Waals surface area contributed by atoms with Gasteiger partial charge in [-0.15, -0.1) is 0 Å². The van der Waals surface area contributed by atoms with Crippen molar-refractivity contribution in [3.63, 3.8) is 0 Å². The maximum atomic E-state index is 6.90. The fourth-order valence-corrected chi connectivity index (χ4v) is 5.58. The van der Waals surface area contributed by atoms with Crippen LogP contribution in [-0.2, 0) is 31.1 Å². The normalized spacial score (nSPS) is 19.9. The molecule has 4 heteroatoms. The van der Waals surface area contributed by atoms with Gasteiger partial charge in [0.05, 0.1) is 13.2 Å². The molecule has 2 aliphatic rings. The lowest BCUT2D eigenvalue weighted by molar-refractivity contribution is 0.256. The van der Waals surface area contributed by atoms with Gasteiger partial charge in [0.15, 0.2) is 0 Å². The van der Waals surface area contributed by atoms with Crippen molar-refractivity contribution in [2.75, 3.05) is 26.4 Å². The van der Waals surface area contributed by atoms with Gasteiger partial charge in [-0.3, -0.25) is 0 Å². The minimum Gasteiger partial charge on any atom is -0.490 e. The Morgan fingerprint density at radius 2 is 1.03 bits per heavy atom. The first-order valence-corrected chi connectivity index (χ1v) is 14.2. The zero-order chi connectivity index (χ0) is 28.3. The Balaban J connectivity index is 2.19. The highest BCUT2D eigenvalue weighted by Gasteiger charge is 2.42. The SMILES string of the molecule is CC(C)(C)c1c(OCC2CO2)c(-c2ccccc2OCC2CO2)c(C(C)(C)C)c(C(C)(C)C)c1C(C)(C)C. The molecule has 2 aromatic rings. The van der Waals surface area contributed by atoms with E-state index in [2.05, 4.69) is 107 Å². The number of para-hydroxylation sites is 1. The van der Waals surface area contributed by atoms with Crippen molar-refractivity contribution in [2.45, 2.75) is 117 Å². The molecule has 2 aliphatic heterocycles. The minimum absolute atomic E-state index is 0.0860. The first-order chi connectivity index (χ1) is 17.4. The van der Waals surface area contributed by atoms with E-state index in [0.29, 0.717) is 13.2 Å². The second-order valence-corrected chi connectivity index (χ2v) is 15.2. The van der Waals surface area contributed by atoms with Gasteiger partial charge in [-0.05, 0) is 44.4 Å². The molecule has 0 N–H and O–H groups in total. The Morgan fingerprint density at radius 1 is 0.605 bits per heavy atom. The molecule has 2 saturated heterocycles. The van der Waals surface area contributed by atoms with Crippen LogP contribution in [0.3, 0.4) is 0 Å². The summed E-state index contributed by atoms with van der Waals surface area (Å²) in [6.45, 7) is 30.7. The van der Waals surface area contributed by atoms with Gasteiger partial charge in [0.1, 0.15) is 36.9 Å². The molecule has 210 valence electrons. The predicted octanol–water partition coefficient (Wildman–Crippen LogP) is 8.10. The van der Waals surface area contributed by atoms with Crippen molar-refractivity contribution in [3.05, 3.63) is 46.5 Å². The van der Waals surface area contributed by atoms with E-state index in [-0.39, 0.29) is 33.9 Å². The van der Waals surface area contributed by atoms with Crippen LogP contribution in [0, 0.1) is 0 Å². The summed E-state index contributed by atoms with van der Waals surface area (Å²) in [5, 5.41) is 0. The highest BCUT2D eigenvalue weighted by atomic mass is 16.6. The summed E-state index contributed by atoms with van der Waals surface area (Å²) in [4.78, 5) is 0. The molecule has 2 fully saturated rings. The lowest BCUT2D eigenvalue weighted by Crippen LogP contribution is -2.33. The second-order valence-electron chi connectivity index (χ2n) is 15.2. The summed E-state index contributed by atoms with van der Waals surface area (Å²) in [6.07, 6.45) is 0.346. The molecule has 0 aliphatic carbocycles. The van der Waals surface area contributed by atoms with Gasteiger partial charge in [0.25, 0.3) is 0 Å². The third-order valence-corrected chi connectivity index (χ3v) is 7.25. The molecular formula is C34H50O4. The van der Waals surface area contributed by atoms with E-state index in [4.69, 9.17) is 18.9 Å². The quantitative estimate of drug-likeness (QED) is 0.345. The van der Waals surface area contributed by atoms with Crippen molar-refractivity contribution >= 4 is 0 Å². The third-order valence-electron chi connectivity index (χ3n) is 7.25. The molecule has 2 atom stereocenters. The van der Waals surface area contributed by atoms with Crippen LogP contribution in [0.5, 0.6) is 11.5 Å². The predicted molar refractivity (Wildman–Crippen MR) is 157 cm³/mol. The third kappa shape index (κ3) is 6.23. The Morgan fingerprint density at radius 3 is 1.47 bits per heavy atom. The second kappa shape index (κ2) is 9.86. The van der Waals surface area contributed by atoms with Crippen molar-refractivity contribution in [1.29, 1.82) is 0 Å². The van der Waals surface area contributed by atoms with E-state index >= 15 is 0 Å². The van der Waals surface area contributed by atoms with Gasteiger partial charge >= 0.3 is 0 Å². The number of hydrogen-bond acceptors (Lipinski definition) is 4. The van der Waals surface area contributed by atoms with E-state index < -0.39 is 0 Å². The van der Waals surface area contributed by atoms with E-state index in [1.807, 2.05) is 0 Å². The Labute approximate surface area is 231 Å². The lowest BCUT2D eigenvalue weighted by atomic mass is 9.62. The number of benzene rings is 2. The number of ether oxygens (including phenoxy) is 4. The van der Waals surface area contributed by atoms with Crippen LogP contribution in [-0.4, -0.2) is 38.6 Å². The van der Waals surface area contributed by atoms with Crippen molar-refractivity contribution in [2.24, 2.45) is 0 Å². The Bertz CT molecular complexity index is 1160. The first kappa shape index (κ1) is 29.0. The van der Waals surface area contributed by atoms with Crippen LogP contribution in [0.25, 0.3) is 11.1 Å². The molecule has 2 unspecified atom stereocenters. The van der Waals surface area contributed by atoms with Gasteiger partial charge in [0, 0.05) is 16.7 Å². The Kier molecular flexibility index (Phi) is 7.51. The van der Waals surface area contributed by atoms with Crippen LogP contribution < -0.4 is 9.47 Å². The summed E-state index contributed by atoms with van der Waals surface area (Å²) in [7, 11) is 0. The standard InChI is InChI=1S/C34H50O4/c1-31(2,3)26-25(23-15-13-14-16-24(23)37-19-21-17-35-21)30(38-20-22-18-36-22)29(34(10,11)12)28(33(7,8)9)27(26)32(4,5)6/h13-16,21-22H,17-20H2,1-12H3. The zero-order valence-electron chi connectivity index (χ0n) is 25.9. The van der Waals surface area contributed by atoms with Crippen molar-refractivity contribution < 1.29 is 18.9 Å². The fraction of sp³-hybridized carbons (Fsp3) is 0.647. The van der Waals surface area contributed by atoms with Crippen LogP contribution in [0.1, 0.15) is 105 Å². The van der Waals surface area contributed by atoms with Crippen LogP contribution in [0.2, 0.25) is 0 Å². The molecule has 0 aromatic heterocycles. The maximum absolute atomic E-state index is 6.90. The molecule has 2 heterocycles. The van der Waals surface area contributed by atoms with Gasteiger partial charge in [-0.1, -0.05) is 101 Å². The topological polar surface area (TPSA) is 43.5 Å². The summed E-state index contributed by atoms with van der Waals surface area (Å²) >= 11 is 0. The summed E-state index contributed by atoms with van der Waals surface area (Å²) in [6, 6.07) is 8.45. The molecular weight excluding hydrogens is 472 g/mol. The average Bonchev–Trinajstić information content (AvgIpc) is 3.67. The van der Waals surface area contributed by atoms with Gasteiger partial charge in [0.2, 0.25) is 0 Å². The van der Waals surface area contributed by atoms with Crippen LogP contribution in [0.4, 0.5) is 0 Å². The van der Waals surface area contributed by atoms with E-state index in [1.165, 1.54) is 22.3 Å². The van der Waals surface area contributed by atoms with Crippen LogP contribution >= 0.6 is 0 Å². The largest absolute Gasteiger partial charge is 0.490 e. The molecule has 0 saturated carbocycles. The van der Waals surface area contributed by atoms with Crippen molar-refractivity contribution in [1.82, 2.24) is 0 Å². The lowest BCUT2D eigenvalue weighted by Gasteiger charge is -2.43. The number of hydrogen-bond donors (Lipinski definition) is 0. The minimum atomic E-state index is -0.148. The summed E-state index contributed by atoms with van der Waals surface area (Å²) < 4.78 is 24.4. The first-order valence-electron chi connectivity index (χ1n) is 14.2. The highest BCUT2D eigenvalue weighted by molar-refractivity contribution is 5.85. The highest BCUT2D eigenvalue weighted by Crippen LogP contribution is 2.56. The van der Waals surface area contributed by atoms with Crippen LogP contribution in [0.15, 0.2) is 24.3 Å². The maximum Gasteiger partial charge on any atom is 0.131 e. The summed E-state index contributed by atoms with van der Waals surface area (Å²) in [5.41, 5.74) is 7.24. The Hall–Kier alpha value is -2.04. The smallest absolute Gasteiger partial charge is 0.131 e. The zero-order valence-corrected chi connectivity index (χ0v) is 25.9. The molecule has 4 rings (SSSR count). The molecule has 4 nitrogen and oxygen atoms in total. The monoisotopic (exact) mass is 522 g/mol. The summed E-state index contributed by atoms with van der Waals surface area (Å²) in [5.74, 6) is 1.86.